The van der Waals surface area contributed by atoms with Gasteiger partial charge in [0.25, 0.3) is 0 Å². The fourth-order valence-electron chi connectivity index (χ4n) is 3.93. The Morgan fingerprint density at radius 3 is 2.38 bits per heavy atom. The summed E-state index contributed by atoms with van der Waals surface area (Å²) in [5.74, 6) is 0.579. The molecule has 0 saturated carbocycles. The third-order valence-corrected chi connectivity index (χ3v) is 6.42. The summed E-state index contributed by atoms with van der Waals surface area (Å²) in [5, 5.41) is 6.37. The molecule has 3 heterocycles. The summed E-state index contributed by atoms with van der Waals surface area (Å²) in [6.07, 6.45) is 1.77. The summed E-state index contributed by atoms with van der Waals surface area (Å²) in [5.41, 5.74) is 5.33. The van der Waals surface area contributed by atoms with E-state index in [-0.39, 0.29) is 0 Å². The molecule has 0 bridgehead atoms. The summed E-state index contributed by atoms with van der Waals surface area (Å²) >= 11 is 1.62. The average Bonchev–Trinajstić information content (AvgIpc) is 3.27. The third kappa shape index (κ3) is 4.95. The zero-order chi connectivity index (χ0) is 21.8. The van der Waals surface area contributed by atoms with Crippen LogP contribution in [-0.4, -0.2) is 46.0 Å². The van der Waals surface area contributed by atoms with E-state index in [0.717, 1.165) is 54.8 Å². The highest BCUT2D eigenvalue weighted by Crippen LogP contribution is 2.23. The summed E-state index contributed by atoms with van der Waals surface area (Å²) in [7, 11) is 0. The summed E-state index contributed by atoms with van der Waals surface area (Å²) in [4.78, 5) is 18.5. The molecule has 1 fully saturated rings. The SMILES string of the molecule is Cc1nc(-c2ccnc(Nc3ccc(N4CCN(Cc5ccccc5)CC4)cc3)n2)cs1. The number of hydrogen-bond acceptors (Lipinski definition) is 7. The van der Waals surface area contributed by atoms with Crippen molar-refractivity contribution in [1.82, 2.24) is 19.9 Å². The lowest BCUT2D eigenvalue weighted by Gasteiger charge is -2.36. The van der Waals surface area contributed by atoms with Gasteiger partial charge in [0.15, 0.2) is 0 Å². The highest BCUT2D eigenvalue weighted by atomic mass is 32.1. The van der Waals surface area contributed by atoms with Crippen LogP contribution >= 0.6 is 11.3 Å². The number of nitrogens with one attached hydrogen (secondary N) is 1. The molecule has 5 rings (SSSR count). The lowest BCUT2D eigenvalue weighted by molar-refractivity contribution is 0.250. The third-order valence-electron chi connectivity index (χ3n) is 5.65. The molecule has 0 aliphatic carbocycles. The van der Waals surface area contributed by atoms with Crippen LogP contribution in [0.3, 0.4) is 0 Å². The molecule has 0 spiro atoms. The number of aromatic nitrogens is 3. The molecule has 1 saturated heterocycles. The maximum atomic E-state index is 4.61. The molecule has 0 unspecified atom stereocenters. The maximum Gasteiger partial charge on any atom is 0.227 e. The Morgan fingerprint density at radius 2 is 1.66 bits per heavy atom. The molecule has 162 valence electrons. The molecular formula is C25H26N6S. The van der Waals surface area contributed by atoms with Crippen molar-refractivity contribution in [3.8, 4) is 11.4 Å². The smallest absolute Gasteiger partial charge is 0.227 e. The van der Waals surface area contributed by atoms with Gasteiger partial charge in [-0.25, -0.2) is 15.0 Å². The predicted octanol–water partition coefficient (Wildman–Crippen LogP) is 4.97. The predicted molar refractivity (Wildman–Crippen MR) is 132 cm³/mol. The first-order chi connectivity index (χ1) is 15.7. The Labute approximate surface area is 192 Å². The van der Waals surface area contributed by atoms with Crippen LogP contribution in [0.1, 0.15) is 10.6 Å². The number of piperazine rings is 1. The van der Waals surface area contributed by atoms with Crippen molar-refractivity contribution >= 4 is 28.7 Å². The van der Waals surface area contributed by atoms with Crippen molar-refractivity contribution in [2.24, 2.45) is 0 Å². The van der Waals surface area contributed by atoms with Gasteiger partial charge in [-0.1, -0.05) is 30.3 Å². The summed E-state index contributed by atoms with van der Waals surface area (Å²) in [6, 6.07) is 21.1. The second kappa shape index (κ2) is 9.46. The molecule has 7 heteroatoms. The van der Waals surface area contributed by atoms with Gasteiger partial charge in [-0.15, -0.1) is 11.3 Å². The van der Waals surface area contributed by atoms with Gasteiger partial charge in [-0.2, -0.15) is 0 Å². The Morgan fingerprint density at radius 1 is 0.875 bits per heavy atom. The fraction of sp³-hybridized carbons (Fsp3) is 0.240. The van der Waals surface area contributed by atoms with E-state index in [2.05, 4.69) is 84.7 Å². The second-order valence-corrected chi connectivity index (χ2v) is 9.00. The highest BCUT2D eigenvalue weighted by molar-refractivity contribution is 7.09. The molecule has 32 heavy (non-hydrogen) atoms. The minimum absolute atomic E-state index is 0.579. The van der Waals surface area contributed by atoms with Gasteiger partial charge in [0, 0.05) is 55.7 Å². The molecule has 0 radical (unpaired) electrons. The molecule has 2 aromatic carbocycles. The number of benzene rings is 2. The molecule has 4 aromatic rings. The molecule has 0 amide bonds. The van der Waals surface area contributed by atoms with E-state index in [0.29, 0.717) is 5.95 Å². The van der Waals surface area contributed by atoms with Gasteiger partial charge in [0.2, 0.25) is 5.95 Å². The van der Waals surface area contributed by atoms with Crippen LogP contribution in [0.4, 0.5) is 17.3 Å². The first kappa shape index (κ1) is 20.6. The van der Waals surface area contributed by atoms with Gasteiger partial charge in [-0.3, -0.25) is 4.90 Å². The van der Waals surface area contributed by atoms with E-state index < -0.39 is 0 Å². The molecule has 2 aromatic heterocycles. The van der Waals surface area contributed by atoms with Gasteiger partial charge in [0.05, 0.1) is 10.7 Å². The maximum absolute atomic E-state index is 4.61. The standard InChI is InChI=1S/C25H26N6S/c1-19-27-24(18-32-19)23-11-12-26-25(29-23)28-21-7-9-22(10-8-21)31-15-13-30(14-16-31)17-20-5-3-2-4-6-20/h2-12,18H,13-17H2,1H3,(H,26,28,29). The van der Waals surface area contributed by atoms with Crippen molar-refractivity contribution in [1.29, 1.82) is 0 Å². The number of hydrogen-bond donors (Lipinski definition) is 1. The molecule has 6 nitrogen and oxygen atoms in total. The van der Waals surface area contributed by atoms with E-state index >= 15 is 0 Å². The van der Waals surface area contributed by atoms with Crippen LogP contribution in [0, 0.1) is 6.92 Å². The number of anilines is 3. The van der Waals surface area contributed by atoms with Crippen LogP contribution in [-0.2, 0) is 6.54 Å². The number of aryl methyl sites for hydroxylation is 1. The van der Waals surface area contributed by atoms with Crippen molar-refractivity contribution < 1.29 is 0 Å². The Hall–Kier alpha value is -3.29. The Kier molecular flexibility index (Phi) is 6.09. The summed E-state index contributed by atoms with van der Waals surface area (Å²) < 4.78 is 0. The van der Waals surface area contributed by atoms with Crippen LogP contribution in [0.25, 0.3) is 11.4 Å². The minimum Gasteiger partial charge on any atom is -0.369 e. The lowest BCUT2D eigenvalue weighted by atomic mass is 10.2. The topological polar surface area (TPSA) is 57.2 Å². The molecular weight excluding hydrogens is 416 g/mol. The molecule has 1 aliphatic rings. The van der Waals surface area contributed by atoms with Crippen LogP contribution in [0.5, 0.6) is 0 Å². The first-order valence-corrected chi connectivity index (χ1v) is 11.7. The fourth-order valence-corrected chi connectivity index (χ4v) is 4.54. The first-order valence-electron chi connectivity index (χ1n) is 10.9. The molecule has 1 aliphatic heterocycles. The van der Waals surface area contributed by atoms with Crippen LogP contribution < -0.4 is 10.2 Å². The van der Waals surface area contributed by atoms with Crippen molar-refractivity contribution in [3.63, 3.8) is 0 Å². The van der Waals surface area contributed by atoms with Crippen LogP contribution in [0.15, 0.2) is 72.2 Å². The Balaban J connectivity index is 1.18. The summed E-state index contributed by atoms with van der Waals surface area (Å²) in [6.45, 7) is 7.25. The zero-order valence-electron chi connectivity index (χ0n) is 18.1. The monoisotopic (exact) mass is 442 g/mol. The minimum atomic E-state index is 0.579. The van der Waals surface area contributed by atoms with E-state index in [1.165, 1.54) is 11.3 Å². The van der Waals surface area contributed by atoms with E-state index in [1.54, 1.807) is 17.5 Å². The largest absolute Gasteiger partial charge is 0.369 e. The van der Waals surface area contributed by atoms with E-state index in [9.17, 15) is 0 Å². The number of nitrogens with zero attached hydrogens (tertiary/aromatic N) is 5. The second-order valence-electron chi connectivity index (χ2n) is 7.94. The van der Waals surface area contributed by atoms with E-state index in [1.807, 2.05) is 18.4 Å². The lowest BCUT2D eigenvalue weighted by Crippen LogP contribution is -2.45. The zero-order valence-corrected chi connectivity index (χ0v) is 18.9. The highest BCUT2D eigenvalue weighted by Gasteiger charge is 2.17. The normalized spacial score (nSPS) is 14.5. The number of rotatable bonds is 6. The van der Waals surface area contributed by atoms with Gasteiger partial charge < -0.3 is 10.2 Å². The van der Waals surface area contributed by atoms with Crippen molar-refractivity contribution in [2.45, 2.75) is 13.5 Å². The Bertz CT molecular complexity index is 1150. The molecule has 1 N–H and O–H groups in total. The van der Waals surface area contributed by atoms with Gasteiger partial charge in [0.1, 0.15) is 5.69 Å². The average molecular weight is 443 g/mol. The van der Waals surface area contributed by atoms with Crippen LogP contribution in [0.2, 0.25) is 0 Å². The van der Waals surface area contributed by atoms with Crippen molar-refractivity contribution in [3.05, 3.63) is 82.8 Å². The molecule has 0 atom stereocenters. The van der Waals surface area contributed by atoms with Gasteiger partial charge >= 0.3 is 0 Å². The quantitative estimate of drug-likeness (QED) is 0.455. The number of thiazole rings is 1. The van der Waals surface area contributed by atoms with Gasteiger partial charge in [-0.05, 0) is 42.8 Å². The van der Waals surface area contributed by atoms with E-state index in [4.69, 9.17) is 0 Å². The van der Waals surface area contributed by atoms with Crippen molar-refractivity contribution in [2.75, 3.05) is 36.4 Å².